The van der Waals surface area contributed by atoms with Gasteiger partial charge in [0.2, 0.25) is 0 Å². The Morgan fingerprint density at radius 1 is 1.04 bits per heavy atom. The SMILES string of the molecule is O=C(COc1ccc2ccccc2c1Br)N/N=C1/CCCc2ccccc21. The summed E-state index contributed by atoms with van der Waals surface area (Å²) in [5.74, 6) is 0.366. The van der Waals surface area contributed by atoms with Gasteiger partial charge in [-0.2, -0.15) is 5.10 Å². The van der Waals surface area contributed by atoms with Crippen molar-refractivity contribution < 1.29 is 9.53 Å². The number of halogens is 1. The number of ether oxygens (including phenoxy) is 1. The van der Waals surface area contributed by atoms with Crippen LogP contribution in [0.3, 0.4) is 0 Å². The number of carbonyl (C=O) groups excluding carboxylic acids is 1. The second kappa shape index (κ2) is 7.92. The molecule has 0 fully saturated rings. The second-order valence-electron chi connectivity index (χ2n) is 6.49. The lowest BCUT2D eigenvalue weighted by atomic mass is 9.90. The third kappa shape index (κ3) is 3.88. The van der Waals surface area contributed by atoms with Gasteiger partial charge in [0.1, 0.15) is 5.75 Å². The Bertz CT molecular complexity index is 1030. The molecule has 3 aromatic carbocycles. The molecule has 1 amide bonds. The molecule has 0 spiro atoms. The molecule has 0 unspecified atom stereocenters. The summed E-state index contributed by atoms with van der Waals surface area (Å²) in [7, 11) is 0. The summed E-state index contributed by atoms with van der Waals surface area (Å²) in [5, 5.41) is 6.50. The quantitative estimate of drug-likeness (QED) is 0.611. The molecule has 0 heterocycles. The van der Waals surface area contributed by atoms with Crippen molar-refractivity contribution in [2.24, 2.45) is 5.10 Å². The first-order valence-electron chi connectivity index (χ1n) is 8.96. The Hall–Kier alpha value is -2.66. The second-order valence-corrected chi connectivity index (χ2v) is 7.28. The normalized spacial score (nSPS) is 14.8. The van der Waals surface area contributed by atoms with Crippen LogP contribution < -0.4 is 10.2 Å². The van der Waals surface area contributed by atoms with Crippen molar-refractivity contribution in [1.29, 1.82) is 0 Å². The molecular formula is C22H19BrN2O2. The average molecular weight is 423 g/mol. The Morgan fingerprint density at radius 2 is 1.85 bits per heavy atom. The summed E-state index contributed by atoms with van der Waals surface area (Å²) in [6.07, 6.45) is 2.98. The van der Waals surface area contributed by atoms with Crippen molar-refractivity contribution in [2.45, 2.75) is 19.3 Å². The Labute approximate surface area is 166 Å². The molecule has 1 N–H and O–H groups in total. The molecule has 0 radical (unpaired) electrons. The average Bonchev–Trinajstić information content (AvgIpc) is 2.72. The van der Waals surface area contributed by atoms with E-state index < -0.39 is 0 Å². The summed E-state index contributed by atoms with van der Waals surface area (Å²) in [4.78, 5) is 12.2. The van der Waals surface area contributed by atoms with E-state index in [1.165, 1.54) is 5.56 Å². The number of amides is 1. The van der Waals surface area contributed by atoms with Crippen LogP contribution in [0.2, 0.25) is 0 Å². The topological polar surface area (TPSA) is 50.7 Å². The van der Waals surface area contributed by atoms with Crippen LogP contribution in [-0.4, -0.2) is 18.2 Å². The molecule has 0 bridgehead atoms. The van der Waals surface area contributed by atoms with E-state index in [4.69, 9.17) is 4.74 Å². The lowest BCUT2D eigenvalue weighted by Gasteiger charge is -2.17. The fraction of sp³-hybridized carbons (Fsp3) is 0.182. The van der Waals surface area contributed by atoms with Crippen LogP contribution in [0.1, 0.15) is 24.0 Å². The molecular weight excluding hydrogens is 404 g/mol. The van der Waals surface area contributed by atoms with E-state index in [1.54, 1.807) is 0 Å². The Morgan fingerprint density at radius 3 is 2.78 bits per heavy atom. The minimum Gasteiger partial charge on any atom is -0.483 e. The van der Waals surface area contributed by atoms with Gasteiger partial charge in [0.05, 0.1) is 10.2 Å². The fourth-order valence-electron chi connectivity index (χ4n) is 3.35. The van der Waals surface area contributed by atoms with E-state index in [0.717, 1.165) is 45.8 Å². The maximum absolute atomic E-state index is 12.2. The summed E-state index contributed by atoms with van der Waals surface area (Å²) in [6, 6.07) is 20.1. The van der Waals surface area contributed by atoms with E-state index in [-0.39, 0.29) is 12.5 Å². The molecule has 3 aromatic rings. The number of nitrogens with one attached hydrogen (secondary N) is 1. The highest BCUT2D eigenvalue weighted by atomic mass is 79.9. The number of hydrazone groups is 1. The molecule has 0 atom stereocenters. The third-order valence-corrected chi connectivity index (χ3v) is 5.51. The Kier molecular flexibility index (Phi) is 5.21. The molecule has 136 valence electrons. The number of fused-ring (bicyclic) bond motifs is 2. The number of hydrogen-bond donors (Lipinski definition) is 1. The van der Waals surface area contributed by atoms with Gasteiger partial charge in [-0.15, -0.1) is 0 Å². The number of rotatable bonds is 4. The zero-order chi connectivity index (χ0) is 18.6. The maximum atomic E-state index is 12.2. The first-order chi connectivity index (χ1) is 13.2. The van der Waals surface area contributed by atoms with Crippen molar-refractivity contribution in [1.82, 2.24) is 5.43 Å². The van der Waals surface area contributed by atoms with Crippen LogP contribution in [-0.2, 0) is 11.2 Å². The van der Waals surface area contributed by atoms with Crippen LogP contribution in [0.5, 0.6) is 5.75 Å². The van der Waals surface area contributed by atoms with Crippen LogP contribution in [0, 0.1) is 0 Å². The fourth-order valence-corrected chi connectivity index (χ4v) is 3.96. The molecule has 5 heteroatoms. The van der Waals surface area contributed by atoms with Gasteiger partial charge >= 0.3 is 0 Å². The van der Waals surface area contributed by atoms with Crippen LogP contribution in [0.25, 0.3) is 10.8 Å². The van der Waals surface area contributed by atoms with Gasteiger partial charge in [-0.05, 0) is 57.6 Å². The van der Waals surface area contributed by atoms with Crippen LogP contribution in [0.15, 0.2) is 70.2 Å². The summed E-state index contributed by atoms with van der Waals surface area (Å²) < 4.78 is 6.54. The largest absolute Gasteiger partial charge is 0.483 e. The number of aryl methyl sites for hydroxylation is 1. The van der Waals surface area contributed by atoms with E-state index in [9.17, 15) is 4.79 Å². The van der Waals surface area contributed by atoms with Gasteiger partial charge in [0.15, 0.2) is 6.61 Å². The maximum Gasteiger partial charge on any atom is 0.277 e. The predicted octanol–water partition coefficient (Wildman–Crippen LogP) is 4.84. The molecule has 1 aliphatic carbocycles. The minimum absolute atomic E-state index is 0.0879. The summed E-state index contributed by atoms with van der Waals surface area (Å²) in [5.41, 5.74) is 5.97. The lowest BCUT2D eigenvalue weighted by Crippen LogP contribution is -2.27. The molecule has 0 saturated carbocycles. The third-order valence-electron chi connectivity index (χ3n) is 4.69. The Balaban J connectivity index is 1.42. The number of benzene rings is 3. The first kappa shape index (κ1) is 17.7. The number of hydrogen-bond acceptors (Lipinski definition) is 3. The van der Waals surface area contributed by atoms with Crippen LogP contribution >= 0.6 is 15.9 Å². The van der Waals surface area contributed by atoms with E-state index in [0.29, 0.717) is 5.75 Å². The van der Waals surface area contributed by atoms with Crippen LogP contribution in [0.4, 0.5) is 0 Å². The molecule has 27 heavy (non-hydrogen) atoms. The molecule has 0 aliphatic heterocycles. The molecule has 0 aromatic heterocycles. The van der Waals surface area contributed by atoms with Gasteiger partial charge in [-0.1, -0.05) is 54.6 Å². The van der Waals surface area contributed by atoms with Crippen molar-refractivity contribution in [3.05, 3.63) is 76.3 Å². The minimum atomic E-state index is -0.273. The highest BCUT2D eigenvalue weighted by Crippen LogP contribution is 2.32. The highest BCUT2D eigenvalue weighted by molar-refractivity contribution is 9.10. The first-order valence-corrected chi connectivity index (χ1v) is 9.75. The molecule has 0 saturated heterocycles. The van der Waals surface area contributed by atoms with E-state index in [1.807, 2.05) is 48.5 Å². The highest BCUT2D eigenvalue weighted by Gasteiger charge is 2.15. The molecule has 1 aliphatic rings. The van der Waals surface area contributed by atoms with Crippen molar-refractivity contribution in [3.8, 4) is 5.75 Å². The van der Waals surface area contributed by atoms with Crippen molar-refractivity contribution >= 4 is 38.3 Å². The zero-order valence-electron chi connectivity index (χ0n) is 14.7. The lowest BCUT2D eigenvalue weighted by molar-refractivity contribution is -0.123. The van der Waals surface area contributed by atoms with Crippen molar-refractivity contribution in [3.63, 3.8) is 0 Å². The monoisotopic (exact) mass is 422 g/mol. The van der Waals surface area contributed by atoms with E-state index in [2.05, 4.69) is 38.6 Å². The zero-order valence-corrected chi connectivity index (χ0v) is 16.3. The van der Waals surface area contributed by atoms with Gasteiger partial charge in [-0.3, -0.25) is 4.79 Å². The standard InChI is InChI=1S/C22H19BrN2O2/c23-22-18-10-4-2-7-16(18)12-13-20(22)27-14-21(26)25-24-19-11-5-8-15-6-1-3-9-17(15)19/h1-4,6-7,9-10,12-13H,5,8,11,14H2,(H,25,26)/b24-19-. The van der Waals surface area contributed by atoms with Gasteiger partial charge in [0, 0.05) is 5.56 Å². The van der Waals surface area contributed by atoms with E-state index >= 15 is 0 Å². The van der Waals surface area contributed by atoms with Gasteiger partial charge in [0.25, 0.3) is 5.91 Å². The summed E-state index contributed by atoms with van der Waals surface area (Å²) in [6.45, 7) is -0.0879. The molecule has 4 rings (SSSR count). The smallest absolute Gasteiger partial charge is 0.277 e. The number of nitrogens with zero attached hydrogens (tertiary/aromatic N) is 1. The van der Waals surface area contributed by atoms with Crippen molar-refractivity contribution in [2.75, 3.05) is 6.61 Å². The summed E-state index contributed by atoms with van der Waals surface area (Å²) >= 11 is 3.57. The predicted molar refractivity (Wildman–Crippen MR) is 111 cm³/mol. The number of carbonyl (C=O) groups is 1. The van der Waals surface area contributed by atoms with Gasteiger partial charge < -0.3 is 4.74 Å². The van der Waals surface area contributed by atoms with Gasteiger partial charge in [-0.25, -0.2) is 5.43 Å². The molecule has 4 nitrogen and oxygen atoms in total.